The molecule has 122 valence electrons. The highest BCUT2D eigenvalue weighted by Crippen LogP contribution is 2.31. The quantitative estimate of drug-likeness (QED) is 0.767. The largest absolute Gasteiger partial charge is 0.479 e. The molecule has 2 aliphatic rings. The second-order valence-electron chi connectivity index (χ2n) is 5.30. The third kappa shape index (κ3) is 4.22. The van der Waals surface area contributed by atoms with Crippen molar-refractivity contribution in [3.8, 4) is 16.9 Å². The van der Waals surface area contributed by atoms with Crippen LogP contribution in [0.2, 0.25) is 0 Å². The van der Waals surface area contributed by atoms with Gasteiger partial charge in [-0.15, -0.1) is 0 Å². The Balaban J connectivity index is 2.18. The van der Waals surface area contributed by atoms with Crippen molar-refractivity contribution in [1.29, 1.82) is 0 Å². The summed E-state index contributed by atoms with van der Waals surface area (Å²) in [6.45, 7) is 1.69. The molecule has 0 bridgehead atoms. The van der Waals surface area contributed by atoms with E-state index in [-0.39, 0.29) is 12.4 Å². The molecule has 0 spiro atoms. The molecule has 23 heavy (non-hydrogen) atoms. The number of ether oxygens (including phenoxy) is 3. The Morgan fingerprint density at radius 3 is 2.04 bits per heavy atom. The first kappa shape index (κ1) is 16.8. The van der Waals surface area contributed by atoms with Crippen molar-refractivity contribution >= 4 is 11.9 Å². The predicted molar refractivity (Wildman–Crippen MR) is 85.3 cm³/mol. The molecule has 5 heteroatoms. The molecule has 0 aromatic heterocycles. The Morgan fingerprint density at radius 1 is 0.957 bits per heavy atom. The predicted octanol–water partition coefficient (Wildman–Crippen LogP) is 2.91. The van der Waals surface area contributed by atoms with Crippen LogP contribution in [0, 0.1) is 5.92 Å². The molecule has 0 heterocycles. The third-order valence-corrected chi connectivity index (χ3v) is 3.62. The maximum absolute atomic E-state index is 11.9. The van der Waals surface area contributed by atoms with E-state index in [9.17, 15) is 9.59 Å². The average Bonchev–Trinajstić information content (AvgIpc) is 2.81. The molecule has 5 nitrogen and oxygen atoms in total. The zero-order valence-corrected chi connectivity index (χ0v) is 13.4. The first-order valence-electron chi connectivity index (χ1n) is 7.36. The molecule has 0 fully saturated rings. The summed E-state index contributed by atoms with van der Waals surface area (Å²) in [5, 5.41) is 0. The van der Waals surface area contributed by atoms with Crippen molar-refractivity contribution in [2.45, 2.75) is 19.4 Å². The van der Waals surface area contributed by atoms with Gasteiger partial charge in [0, 0.05) is 6.42 Å². The molecule has 0 aliphatic heterocycles. The van der Waals surface area contributed by atoms with E-state index in [1.165, 1.54) is 14.2 Å². The highest BCUT2D eigenvalue weighted by molar-refractivity contribution is 5.78. The molecule has 2 atom stereocenters. The number of fused-ring (bicyclic) bond motifs is 1. The van der Waals surface area contributed by atoms with Crippen molar-refractivity contribution in [3.05, 3.63) is 42.5 Å². The molecule has 0 radical (unpaired) electrons. The summed E-state index contributed by atoms with van der Waals surface area (Å²) in [6, 6.07) is 13.4. The Hall–Kier alpha value is -2.56. The van der Waals surface area contributed by atoms with Gasteiger partial charge in [-0.1, -0.05) is 37.3 Å². The third-order valence-electron chi connectivity index (χ3n) is 3.62. The Bertz CT molecular complexity index is 621. The van der Waals surface area contributed by atoms with Gasteiger partial charge in [-0.2, -0.15) is 0 Å². The highest BCUT2D eigenvalue weighted by Gasteiger charge is 2.28. The van der Waals surface area contributed by atoms with Crippen molar-refractivity contribution in [2.75, 3.05) is 14.2 Å². The summed E-state index contributed by atoms with van der Waals surface area (Å²) in [5.41, 5.74) is 2.02. The molecule has 2 unspecified atom stereocenters. The maximum Gasteiger partial charge on any atom is 0.347 e. The number of hydrogen-bond donors (Lipinski definition) is 0. The smallest absolute Gasteiger partial charge is 0.347 e. The fourth-order valence-corrected chi connectivity index (χ4v) is 2.36. The topological polar surface area (TPSA) is 61.8 Å². The van der Waals surface area contributed by atoms with Crippen LogP contribution in [-0.2, 0) is 19.1 Å². The summed E-state index contributed by atoms with van der Waals surface area (Å²) in [5.74, 6) is -0.802. The minimum absolute atomic E-state index is 0.189. The van der Waals surface area contributed by atoms with E-state index in [4.69, 9.17) is 9.47 Å². The number of hydrogen-bond acceptors (Lipinski definition) is 5. The van der Waals surface area contributed by atoms with Gasteiger partial charge in [-0.3, -0.25) is 4.79 Å². The zero-order valence-electron chi connectivity index (χ0n) is 13.4. The van der Waals surface area contributed by atoms with E-state index < -0.39 is 18.0 Å². The first-order valence-corrected chi connectivity index (χ1v) is 7.36. The van der Waals surface area contributed by atoms with Crippen LogP contribution in [0.25, 0.3) is 11.1 Å². The molecule has 2 aliphatic carbocycles. The first-order chi connectivity index (χ1) is 11.0. The van der Waals surface area contributed by atoms with Crippen molar-refractivity contribution < 1.29 is 23.8 Å². The Labute approximate surface area is 135 Å². The summed E-state index contributed by atoms with van der Waals surface area (Å²) < 4.78 is 15.2. The monoisotopic (exact) mass is 316 g/mol. The number of methoxy groups -OCH3 is 2. The number of esters is 2. The average molecular weight is 316 g/mol. The van der Waals surface area contributed by atoms with Gasteiger partial charge in [0.05, 0.1) is 20.1 Å². The standard InChI is InChI=1S/C18H20O5/c1-12(17(19)21-2)9-16(18(20)22-3)23-15-10-13-7-5-4-6-8-14(13)11-15/h4-8,10-12,16H,9H2,1-3H3. The van der Waals surface area contributed by atoms with Gasteiger partial charge in [-0.05, 0) is 23.3 Å². The second kappa shape index (κ2) is 7.63. The second-order valence-corrected chi connectivity index (χ2v) is 5.30. The van der Waals surface area contributed by atoms with Crippen LogP contribution in [0.5, 0.6) is 5.75 Å². The molecule has 0 amide bonds. The summed E-state index contributed by atoms with van der Waals surface area (Å²) in [7, 11) is 2.61. The minimum atomic E-state index is -0.861. The summed E-state index contributed by atoms with van der Waals surface area (Å²) in [4.78, 5) is 23.5. The van der Waals surface area contributed by atoms with E-state index in [1.807, 2.05) is 42.5 Å². The van der Waals surface area contributed by atoms with Gasteiger partial charge in [-0.25, -0.2) is 4.79 Å². The van der Waals surface area contributed by atoms with Crippen LogP contribution in [0.15, 0.2) is 42.5 Å². The van der Waals surface area contributed by atoms with Gasteiger partial charge in [0.25, 0.3) is 0 Å². The van der Waals surface area contributed by atoms with Crippen molar-refractivity contribution in [2.24, 2.45) is 5.92 Å². The lowest BCUT2D eigenvalue weighted by atomic mass is 10.0. The van der Waals surface area contributed by atoms with Gasteiger partial charge in [0.1, 0.15) is 5.75 Å². The van der Waals surface area contributed by atoms with Crippen LogP contribution < -0.4 is 4.74 Å². The Morgan fingerprint density at radius 2 is 1.52 bits per heavy atom. The maximum atomic E-state index is 11.9. The van der Waals surface area contributed by atoms with Crippen LogP contribution in [0.3, 0.4) is 0 Å². The summed E-state index contributed by atoms with van der Waals surface area (Å²) >= 11 is 0. The van der Waals surface area contributed by atoms with Crippen LogP contribution in [0.4, 0.5) is 0 Å². The minimum Gasteiger partial charge on any atom is -0.479 e. The normalized spacial score (nSPS) is 13.2. The van der Waals surface area contributed by atoms with E-state index in [0.717, 1.165) is 11.1 Å². The lowest BCUT2D eigenvalue weighted by Gasteiger charge is -2.18. The van der Waals surface area contributed by atoms with Gasteiger partial charge in [0.15, 0.2) is 6.10 Å². The van der Waals surface area contributed by atoms with Crippen molar-refractivity contribution in [3.63, 3.8) is 0 Å². The van der Waals surface area contributed by atoms with E-state index in [2.05, 4.69) is 4.74 Å². The van der Waals surface area contributed by atoms with Gasteiger partial charge in [0.2, 0.25) is 0 Å². The molecule has 0 N–H and O–H groups in total. The van der Waals surface area contributed by atoms with Crippen molar-refractivity contribution in [1.82, 2.24) is 0 Å². The number of rotatable bonds is 6. The molecule has 0 aromatic rings. The highest BCUT2D eigenvalue weighted by atomic mass is 16.6. The van der Waals surface area contributed by atoms with Crippen LogP contribution in [-0.4, -0.2) is 32.3 Å². The summed E-state index contributed by atoms with van der Waals surface area (Å²) in [6.07, 6.45) is -0.672. The van der Waals surface area contributed by atoms with Crippen LogP contribution >= 0.6 is 0 Å². The molecule has 0 saturated heterocycles. The molecular formula is C18H20O5. The molecule has 0 aromatic carbocycles. The van der Waals surface area contributed by atoms with Crippen LogP contribution in [0.1, 0.15) is 13.3 Å². The van der Waals surface area contributed by atoms with E-state index in [0.29, 0.717) is 5.75 Å². The zero-order chi connectivity index (χ0) is 16.8. The lowest BCUT2D eigenvalue weighted by molar-refractivity contribution is -0.152. The molecule has 0 saturated carbocycles. The fourth-order valence-electron chi connectivity index (χ4n) is 2.36. The number of carbonyl (C=O) groups is 2. The number of carbonyl (C=O) groups excluding carboxylic acids is 2. The van der Waals surface area contributed by atoms with E-state index in [1.54, 1.807) is 6.92 Å². The molecule has 2 rings (SSSR count). The fraction of sp³-hybridized carbons (Fsp3) is 0.333. The van der Waals surface area contributed by atoms with E-state index >= 15 is 0 Å². The Kier molecular flexibility index (Phi) is 5.57. The molecular weight excluding hydrogens is 296 g/mol. The van der Waals surface area contributed by atoms with Gasteiger partial charge < -0.3 is 14.2 Å². The SMILES string of the molecule is COC(=O)C(C)CC(Oc1cc2cccccc-2c1)C(=O)OC. The lowest BCUT2D eigenvalue weighted by Crippen LogP contribution is -2.32. The van der Waals surface area contributed by atoms with Gasteiger partial charge >= 0.3 is 11.9 Å².